The first-order valence-electron chi connectivity index (χ1n) is 8.54. The van der Waals surface area contributed by atoms with Crippen molar-refractivity contribution in [2.24, 2.45) is 0 Å². The number of nitrogens with one attached hydrogen (secondary N) is 1. The van der Waals surface area contributed by atoms with Crippen molar-refractivity contribution in [1.82, 2.24) is 9.88 Å². The second-order valence-electron chi connectivity index (χ2n) is 5.99. The molecule has 5 nitrogen and oxygen atoms in total. The van der Waals surface area contributed by atoms with Gasteiger partial charge in [-0.15, -0.1) is 11.3 Å². The average molecular weight is 446 g/mol. The largest absolute Gasteiger partial charge is 0.302 e. The van der Waals surface area contributed by atoms with Crippen molar-refractivity contribution in [2.75, 3.05) is 11.9 Å². The summed E-state index contributed by atoms with van der Waals surface area (Å²) in [4.78, 5) is 32.4. The number of amides is 2. The molecule has 0 bridgehead atoms. The number of benzene rings is 1. The maximum atomic E-state index is 12.6. The molecule has 3 heterocycles. The van der Waals surface area contributed by atoms with Crippen LogP contribution in [-0.2, 0) is 9.59 Å². The lowest BCUT2D eigenvalue weighted by atomic mass is 10.2. The van der Waals surface area contributed by atoms with Gasteiger partial charge in [0.2, 0.25) is 5.91 Å². The molecule has 9 heteroatoms. The molecule has 2 amide bonds. The Hall–Kier alpha value is -2.07. The first-order chi connectivity index (χ1) is 13.6. The highest BCUT2D eigenvalue weighted by Gasteiger charge is 2.31. The molecule has 0 atom stereocenters. The van der Waals surface area contributed by atoms with E-state index in [1.807, 2.05) is 47.9 Å². The molecule has 1 N–H and O–H groups in total. The van der Waals surface area contributed by atoms with E-state index in [0.717, 1.165) is 15.1 Å². The Morgan fingerprint density at radius 2 is 2.11 bits per heavy atom. The lowest BCUT2D eigenvalue weighted by Crippen LogP contribution is -2.29. The third-order valence-corrected chi connectivity index (χ3v) is 7.16. The van der Waals surface area contributed by atoms with Crippen molar-refractivity contribution < 1.29 is 9.59 Å². The summed E-state index contributed by atoms with van der Waals surface area (Å²) in [7, 11) is 0. The van der Waals surface area contributed by atoms with Crippen LogP contribution in [-0.4, -0.2) is 32.6 Å². The maximum absolute atomic E-state index is 12.6. The highest BCUT2D eigenvalue weighted by atomic mass is 32.2. The average Bonchev–Trinajstić information content (AvgIpc) is 3.37. The number of para-hydroxylation sites is 1. The minimum atomic E-state index is -0.112. The van der Waals surface area contributed by atoms with Crippen LogP contribution in [0, 0.1) is 0 Å². The molecule has 1 fully saturated rings. The minimum Gasteiger partial charge on any atom is -0.302 e. The van der Waals surface area contributed by atoms with Gasteiger partial charge in [-0.1, -0.05) is 53.5 Å². The van der Waals surface area contributed by atoms with Crippen LogP contribution in [0.25, 0.3) is 16.3 Å². The number of anilines is 1. The normalized spacial score (nSPS) is 15.7. The van der Waals surface area contributed by atoms with Gasteiger partial charge in [-0.3, -0.25) is 14.5 Å². The smallest absolute Gasteiger partial charge is 0.266 e. The Balaban J connectivity index is 1.30. The molecule has 2 aromatic heterocycles. The van der Waals surface area contributed by atoms with E-state index in [0.29, 0.717) is 33.7 Å². The van der Waals surface area contributed by atoms with E-state index in [1.54, 1.807) is 16.2 Å². The Morgan fingerprint density at radius 1 is 1.25 bits per heavy atom. The van der Waals surface area contributed by atoms with E-state index in [2.05, 4.69) is 10.3 Å². The van der Waals surface area contributed by atoms with Crippen LogP contribution >= 0.6 is 46.7 Å². The Bertz CT molecular complexity index is 1040. The lowest BCUT2D eigenvalue weighted by Gasteiger charge is -2.13. The van der Waals surface area contributed by atoms with Gasteiger partial charge in [0.15, 0.2) is 5.13 Å². The van der Waals surface area contributed by atoms with Gasteiger partial charge in [-0.2, -0.15) is 0 Å². The molecule has 1 aliphatic rings. The summed E-state index contributed by atoms with van der Waals surface area (Å²) in [6.45, 7) is 0.430. The van der Waals surface area contributed by atoms with Crippen LogP contribution in [0.2, 0.25) is 0 Å². The number of hydrogen-bond donors (Lipinski definition) is 1. The van der Waals surface area contributed by atoms with E-state index in [4.69, 9.17) is 12.2 Å². The first kappa shape index (κ1) is 19.3. The predicted molar refractivity (Wildman–Crippen MR) is 122 cm³/mol. The molecule has 0 unspecified atom stereocenters. The summed E-state index contributed by atoms with van der Waals surface area (Å²) in [6, 6.07) is 11.7. The second kappa shape index (κ2) is 8.52. The third kappa shape index (κ3) is 4.33. The molecule has 1 saturated heterocycles. The number of thiazole rings is 1. The van der Waals surface area contributed by atoms with Gasteiger partial charge in [0, 0.05) is 17.8 Å². The van der Waals surface area contributed by atoms with E-state index in [1.165, 1.54) is 23.1 Å². The Kier molecular flexibility index (Phi) is 5.86. The number of carbonyl (C=O) groups is 2. The number of thiophene rings is 1. The van der Waals surface area contributed by atoms with E-state index in [9.17, 15) is 9.59 Å². The standard InChI is InChI=1S/C19H15N3O2S4/c23-16(21-18-20-13-6-1-2-7-14(13)27-18)8-3-9-22-17(24)15(28-19(22)25)11-12-5-4-10-26-12/h1-2,4-7,10-11H,3,8-9H2,(H,20,21,23)/b15-11+. The molecule has 1 aliphatic heterocycles. The molecule has 0 saturated carbocycles. The monoisotopic (exact) mass is 445 g/mol. The second-order valence-corrected chi connectivity index (χ2v) is 9.67. The van der Waals surface area contributed by atoms with E-state index < -0.39 is 0 Å². The lowest BCUT2D eigenvalue weighted by molar-refractivity contribution is -0.122. The zero-order valence-corrected chi connectivity index (χ0v) is 17.9. The Morgan fingerprint density at radius 3 is 2.89 bits per heavy atom. The maximum Gasteiger partial charge on any atom is 0.266 e. The summed E-state index contributed by atoms with van der Waals surface area (Å²) in [5.41, 5.74) is 0.873. The molecule has 3 aromatic rings. The molecular formula is C19H15N3O2S4. The molecule has 0 aliphatic carbocycles. The van der Waals surface area contributed by atoms with Crippen molar-refractivity contribution in [3.05, 3.63) is 51.6 Å². The first-order valence-corrected chi connectivity index (χ1v) is 11.5. The summed E-state index contributed by atoms with van der Waals surface area (Å²) >= 11 is 9.67. The number of carbonyl (C=O) groups excluding carboxylic acids is 2. The SMILES string of the molecule is O=C(CCCN1C(=O)/C(=C\c2cccs2)SC1=S)Nc1nc2ccccc2s1. The van der Waals surface area contributed by atoms with Gasteiger partial charge in [-0.25, -0.2) is 4.98 Å². The number of fused-ring (bicyclic) bond motifs is 1. The fourth-order valence-corrected chi connectivity index (χ4v) is 5.61. The van der Waals surface area contributed by atoms with Gasteiger partial charge >= 0.3 is 0 Å². The Labute approximate surface area is 179 Å². The number of thiocarbonyl (C=S) groups is 1. The molecule has 1 aromatic carbocycles. The topological polar surface area (TPSA) is 62.3 Å². The zero-order valence-electron chi connectivity index (χ0n) is 14.6. The molecule has 4 rings (SSSR count). The van der Waals surface area contributed by atoms with Gasteiger partial charge in [0.1, 0.15) is 4.32 Å². The number of hydrogen-bond acceptors (Lipinski definition) is 7. The van der Waals surface area contributed by atoms with Gasteiger partial charge in [0.05, 0.1) is 15.1 Å². The van der Waals surface area contributed by atoms with E-state index in [-0.39, 0.29) is 11.8 Å². The minimum absolute atomic E-state index is 0.0880. The molecular weight excluding hydrogens is 430 g/mol. The summed E-state index contributed by atoms with van der Waals surface area (Å²) in [5, 5.41) is 5.40. The van der Waals surface area contributed by atoms with Crippen molar-refractivity contribution in [1.29, 1.82) is 0 Å². The summed E-state index contributed by atoms with van der Waals surface area (Å²) in [5.74, 6) is -0.200. The molecule has 28 heavy (non-hydrogen) atoms. The van der Waals surface area contributed by atoms with Crippen molar-refractivity contribution in [3.8, 4) is 0 Å². The number of rotatable bonds is 6. The third-order valence-electron chi connectivity index (χ3n) is 4.02. The van der Waals surface area contributed by atoms with Crippen LogP contribution in [0.3, 0.4) is 0 Å². The quantitative estimate of drug-likeness (QED) is 0.428. The van der Waals surface area contributed by atoms with Gasteiger partial charge < -0.3 is 5.32 Å². The van der Waals surface area contributed by atoms with Crippen molar-refractivity contribution in [2.45, 2.75) is 12.8 Å². The van der Waals surface area contributed by atoms with Crippen LogP contribution in [0.15, 0.2) is 46.7 Å². The number of aromatic nitrogens is 1. The molecule has 0 spiro atoms. The van der Waals surface area contributed by atoms with E-state index >= 15 is 0 Å². The number of thioether (sulfide) groups is 1. The molecule has 142 valence electrons. The highest BCUT2D eigenvalue weighted by Crippen LogP contribution is 2.33. The fourth-order valence-electron chi connectivity index (χ4n) is 2.70. The van der Waals surface area contributed by atoms with Crippen LogP contribution in [0.5, 0.6) is 0 Å². The summed E-state index contributed by atoms with van der Waals surface area (Å²) in [6.07, 6.45) is 2.70. The fraction of sp³-hybridized carbons (Fsp3) is 0.158. The van der Waals surface area contributed by atoms with Crippen LogP contribution in [0.1, 0.15) is 17.7 Å². The van der Waals surface area contributed by atoms with Crippen LogP contribution in [0.4, 0.5) is 5.13 Å². The van der Waals surface area contributed by atoms with Crippen LogP contribution < -0.4 is 5.32 Å². The summed E-state index contributed by atoms with van der Waals surface area (Å²) < 4.78 is 1.58. The predicted octanol–water partition coefficient (Wildman–Crippen LogP) is 4.98. The van der Waals surface area contributed by atoms with Crippen molar-refractivity contribution >= 4 is 84.2 Å². The number of nitrogens with zero attached hydrogens (tertiary/aromatic N) is 2. The zero-order chi connectivity index (χ0) is 19.5. The van der Waals surface area contributed by atoms with Crippen molar-refractivity contribution in [3.63, 3.8) is 0 Å². The van der Waals surface area contributed by atoms with Gasteiger partial charge in [-0.05, 0) is 36.1 Å². The highest BCUT2D eigenvalue weighted by molar-refractivity contribution is 8.26. The molecule has 0 radical (unpaired) electrons. The van der Waals surface area contributed by atoms with Gasteiger partial charge in [0.25, 0.3) is 5.91 Å².